The summed E-state index contributed by atoms with van der Waals surface area (Å²) in [5, 5.41) is 0. The van der Waals surface area contributed by atoms with Crippen molar-refractivity contribution in [3.63, 3.8) is 0 Å². The molecule has 1 fully saturated rings. The molecule has 0 amide bonds. The molecular weight excluding hydrogens is 128 g/mol. The molecule has 0 aromatic rings. The van der Waals surface area contributed by atoms with Crippen molar-refractivity contribution in [2.75, 3.05) is 13.1 Å². The van der Waals surface area contributed by atoms with Gasteiger partial charge in [-0.1, -0.05) is 0 Å². The zero-order chi connectivity index (χ0) is 7.56. The summed E-state index contributed by atoms with van der Waals surface area (Å²) in [7, 11) is 0. The second-order valence-electron chi connectivity index (χ2n) is 3.14. The molecule has 0 aromatic heterocycles. The minimum absolute atomic E-state index is 0.266. The van der Waals surface area contributed by atoms with Crippen LogP contribution in [0.2, 0.25) is 0 Å². The van der Waals surface area contributed by atoms with Crippen LogP contribution in [0.3, 0.4) is 0 Å². The van der Waals surface area contributed by atoms with Gasteiger partial charge in [-0.2, -0.15) is 0 Å². The molecular formula is C7H16N2O. The molecule has 1 saturated heterocycles. The Balaban J connectivity index is 2.28. The van der Waals surface area contributed by atoms with Crippen LogP contribution in [0.5, 0.6) is 0 Å². The molecule has 3 nitrogen and oxygen atoms in total. The van der Waals surface area contributed by atoms with Crippen molar-refractivity contribution in [1.82, 2.24) is 4.90 Å². The SMILES string of the molecule is CC(C)N1CCC(ON)C1. The minimum Gasteiger partial charge on any atom is -0.300 e. The van der Waals surface area contributed by atoms with Crippen LogP contribution in [0.1, 0.15) is 20.3 Å². The van der Waals surface area contributed by atoms with Crippen LogP contribution in [0, 0.1) is 0 Å². The van der Waals surface area contributed by atoms with Crippen molar-refractivity contribution in [2.45, 2.75) is 32.4 Å². The zero-order valence-electron chi connectivity index (χ0n) is 6.71. The Bertz CT molecular complexity index is 106. The van der Waals surface area contributed by atoms with Gasteiger partial charge in [-0.3, -0.25) is 9.74 Å². The summed E-state index contributed by atoms with van der Waals surface area (Å²) in [5.41, 5.74) is 0. The molecule has 60 valence electrons. The van der Waals surface area contributed by atoms with E-state index in [9.17, 15) is 0 Å². The van der Waals surface area contributed by atoms with E-state index in [2.05, 4.69) is 18.7 Å². The van der Waals surface area contributed by atoms with Gasteiger partial charge in [0.1, 0.15) is 0 Å². The van der Waals surface area contributed by atoms with Crippen LogP contribution in [-0.2, 0) is 4.84 Å². The van der Waals surface area contributed by atoms with Gasteiger partial charge in [0.2, 0.25) is 0 Å². The maximum Gasteiger partial charge on any atom is 0.0926 e. The topological polar surface area (TPSA) is 38.5 Å². The lowest BCUT2D eigenvalue weighted by atomic mass is 10.3. The van der Waals surface area contributed by atoms with Gasteiger partial charge in [0.05, 0.1) is 6.10 Å². The summed E-state index contributed by atoms with van der Waals surface area (Å²) in [6, 6.07) is 0.625. The maximum absolute atomic E-state index is 5.07. The van der Waals surface area contributed by atoms with E-state index in [4.69, 9.17) is 10.7 Å². The van der Waals surface area contributed by atoms with E-state index in [1.54, 1.807) is 0 Å². The molecule has 0 aromatic carbocycles. The summed E-state index contributed by atoms with van der Waals surface area (Å²) < 4.78 is 0. The van der Waals surface area contributed by atoms with Crippen molar-refractivity contribution in [3.05, 3.63) is 0 Å². The van der Waals surface area contributed by atoms with E-state index in [1.165, 1.54) is 0 Å². The van der Waals surface area contributed by atoms with Gasteiger partial charge in [0, 0.05) is 19.1 Å². The molecule has 0 spiro atoms. The van der Waals surface area contributed by atoms with Gasteiger partial charge in [-0.25, -0.2) is 5.90 Å². The highest BCUT2D eigenvalue weighted by atomic mass is 16.6. The predicted molar refractivity (Wildman–Crippen MR) is 40.4 cm³/mol. The highest BCUT2D eigenvalue weighted by molar-refractivity contribution is 4.77. The molecule has 1 aliphatic rings. The van der Waals surface area contributed by atoms with E-state index in [-0.39, 0.29) is 6.10 Å². The van der Waals surface area contributed by atoms with Crippen LogP contribution in [-0.4, -0.2) is 30.1 Å². The van der Waals surface area contributed by atoms with Crippen molar-refractivity contribution >= 4 is 0 Å². The molecule has 1 aliphatic heterocycles. The molecule has 1 atom stereocenters. The fourth-order valence-corrected chi connectivity index (χ4v) is 1.33. The number of likely N-dealkylation sites (tertiary alicyclic amines) is 1. The largest absolute Gasteiger partial charge is 0.300 e. The third-order valence-corrected chi connectivity index (χ3v) is 2.10. The Hall–Kier alpha value is -0.120. The lowest BCUT2D eigenvalue weighted by Crippen LogP contribution is -2.30. The molecule has 3 heteroatoms. The van der Waals surface area contributed by atoms with Crippen LogP contribution >= 0.6 is 0 Å². The van der Waals surface area contributed by atoms with Crippen molar-refractivity contribution in [1.29, 1.82) is 0 Å². The van der Waals surface area contributed by atoms with Gasteiger partial charge < -0.3 is 0 Å². The summed E-state index contributed by atoms with van der Waals surface area (Å²) in [5.74, 6) is 5.07. The monoisotopic (exact) mass is 144 g/mol. The van der Waals surface area contributed by atoms with E-state index in [1.807, 2.05) is 0 Å². The van der Waals surface area contributed by atoms with Gasteiger partial charge in [0.15, 0.2) is 0 Å². The highest BCUT2D eigenvalue weighted by Gasteiger charge is 2.23. The molecule has 0 bridgehead atoms. The maximum atomic E-state index is 5.07. The molecule has 1 unspecified atom stereocenters. The summed E-state index contributed by atoms with van der Waals surface area (Å²) in [6.45, 7) is 6.51. The first-order chi connectivity index (χ1) is 4.74. The average molecular weight is 144 g/mol. The van der Waals surface area contributed by atoms with E-state index in [0.717, 1.165) is 19.5 Å². The minimum atomic E-state index is 0.266. The standard InChI is InChI=1S/C7H16N2O/c1-6(2)9-4-3-7(5-9)10-8/h6-7H,3-5,8H2,1-2H3. The molecule has 10 heavy (non-hydrogen) atoms. The van der Waals surface area contributed by atoms with Crippen LogP contribution in [0.25, 0.3) is 0 Å². The Morgan fingerprint density at radius 3 is 2.60 bits per heavy atom. The predicted octanol–water partition coefficient (Wildman–Crippen LogP) is 0.359. The Kier molecular flexibility index (Phi) is 2.65. The summed E-state index contributed by atoms with van der Waals surface area (Å²) in [6.07, 6.45) is 1.34. The Morgan fingerprint density at radius 1 is 1.60 bits per heavy atom. The molecule has 2 N–H and O–H groups in total. The summed E-state index contributed by atoms with van der Waals surface area (Å²) >= 11 is 0. The number of rotatable bonds is 2. The molecule has 0 aliphatic carbocycles. The van der Waals surface area contributed by atoms with Crippen LogP contribution in [0.4, 0.5) is 0 Å². The van der Waals surface area contributed by atoms with Gasteiger partial charge in [-0.05, 0) is 20.3 Å². The van der Waals surface area contributed by atoms with Crippen LogP contribution in [0.15, 0.2) is 0 Å². The Morgan fingerprint density at radius 2 is 2.30 bits per heavy atom. The number of nitrogens with two attached hydrogens (primary N) is 1. The average Bonchev–Trinajstić information content (AvgIpc) is 2.34. The Labute approximate surface area is 62.1 Å². The smallest absolute Gasteiger partial charge is 0.0926 e. The highest BCUT2D eigenvalue weighted by Crippen LogP contribution is 2.13. The van der Waals surface area contributed by atoms with Gasteiger partial charge in [-0.15, -0.1) is 0 Å². The lowest BCUT2D eigenvalue weighted by molar-refractivity contribution is 0.0569. The van der Waals surface area contributed by atoms with Crippen molar-refractivity contribution in [3.8, 4) is 0 Å². The van der Waals surface area contributed by atoms with Crippen LogP contribution < -0.4 is 5.90 Å². The third kappa shape index (κ3) is 1.68. The van der Waals surface area contributed by atoms with Gasteiger partial charge in [0.25, 0.3) is 0 Å². The second kappa shape index (κ2) is 3.32. The normalized spacial score (nSPS) is 28.2. The first-order valence-corrected chi connectivity index (χ1v) is 3.83. The lowest BCUT2D eigenvalue weighted by Gasteiger charge is -2.19. The fourth-order valence-electron chi connectivity index (χ4n) is 1.33. The van der Waals surface area contributed by atoms with Gasteiger partial charge >= 0.3 is 0 Å². The molecule has 1 rings (SSSR count). The molecule has 0 radical (unpaired) electrons. The fraction of sp³-hybridized carbons (Fsp3) is 1.00. The third-order valence-electron chi connectivity index (χ3n) is 2.10. The second-order valence-corrected chi connectivity index (χ2v) is 3.14. The van der Waals surface area contributed by atoms with E-state index in [0.29, 0.717) is 6.04 Å². The van der Waals surface area contributed by atoms with Crippen molar-refractivity contribution in [2.24, 2.45) is 5.90 Å². The number of hydrogen-bond acceptors (Lipinski definition) is 3. The molecule has 0 saturated carbocycles. The van der Waals surface area contributed by atoms with E-state index >= 15 is 0 Å². The molecule has 1 heterocycles. The quantitative estimate of drug-likeness (QED) is 0.569. The summed E-state index contributed by atoms with van der Waals surface area (Å²) in [4.78, 5) is 7.12. The number of hydrogen-bond donors (Lipinski definition) is 1. The first kappa shape index (κ1) is 7.98. The van der Waals surface area contributed by atoms with Crippen molar-refractivity contribution < 1.29 is 4.84 Å². The number of nitrogens with zero attached hydrogens (tertiary/aromatic N) is 1. The van der Waals surface area contributed by atoms with E-state index < -0.39 is 0 Å². The first-order valence-electron chi connectivity index (χ1n) is 3.83. The zero-order valence-corrected chi connectivity index (χ0v) is 6.71.